The first-order chi connectivity index (χ1) is 12.1. The molecular weight excluding hydrogens is 321 g/mol. The van der Waals surface area contributed by atoms with Crippen LogP contribution in [0, 0.1) is 17.1 Å². The number of carbonyl (C=O) groups is 1. The van der Waals surface area contributed by atoms with Crippen LogP contribution in [0.3, 0.4) is 0 Å². The van der Waals surface area contributed by atoms with Crippen LogP contribution in [0.5, 0.6) is 0 Å². The lowest BCUT2D eigenvalue weighted by molar-refractivity contribution is 0.101. The zero-order valence-corrected chi connectivity index (χ0v) is 13.0. The SMILES string of the molecule is N#Cc1cnc(C(=O)Nc2ccc(Cc3cccc(F)c3)cn2)nc1. The second-order valence-electron chi connectivity index (χ2n) is 5.22. The highest BCUT2D eigenvalue weighted by molar-refractivity contribution is 6.00. The van der Waals surface area contributed by atoms with Gasteiger partial charge >= 0.3 is 0 Å². The zero-order valence-electron chi connectivity index (χ0n) is 13.0. The van der Waals surface area contributed by atoms with Gasteiger partial charge in [-0.25, -0.2) is 19.3 Å². The summed E-state index contributed by atoms with van der Waals surface area (Å²) in [5.74, 6) is -0.503. The van der Waals surface area contributed by atoms with Crippen LogP contribution in [-0.2, 0) is 6.42 Å². The van der Waals surface area contributed by atoms with Crippen LogP contribution in [0.4, 0.5) is 10.2 Å². The Morgan fingerprint density at radius 3 is 2.52 bits per heavy atom. The van der Waals surface area contributed by atoms with Gasteiger partial charge in [0.05, 0.1) is 5.56 Å². The molecule has 7 heteroatoms. The molecule has 0 aliphatic heterocycles. The summed E-state index contributed by atoms with van der Waals surface area (Å²) in [6, 6.07) is 11.7. The number of hydrogen-bond donors (Lipinski definition) is 1. The van der Waals surface area contributed by atoms with Crippen LogP contribution in [0.1, 0.15) is 27.3 Å². The van der Waals surface area contributed by atoms with Crippen molar-refractivity contribution in [2.24, 2.45) is 0 Å². The van der Waals surface area contributed by atoms with Gasteiger partial charge in [-0.1, -0.05) is 18.2 Å². The first-order valence-electron chi connectivity index (χ1n) is 7.37. The van der Waals surface area contributed by atoms with E-state index in [-0.39, 0.29) is 17.2 Å². The third-order valence-electron chi connectivity index (χ3n) is 3.35. The van der Waals surface area contributed by atoms with Gasteiger partial charge in [0.2, 0.25) is 5.82 Å². The first kappa shape index (κ1) is 16.2. The third-order valence-corrected chi connectivity index (χ3v) is 3.35. The summed E-state index contributed by atoms with van der Waals surface area (Å²) in [5, 5.41) is 11.3. The van der Waals surface area contributed by atoms with Gasteiger partial charge in [0.25, 0.3) is 5.91 Å². The molecule has 1 amide bonds. The Morgan fingerprint density at radius 2 is 1.88 bits per heavy atom. The van der Waals surface area contributed by atoms with Crippen molar-refractivity contribution >= 4 is 11.7 Å². The monoisotopic (exact) mass is 333 g/mol. The molecule has 3 rings (SSSR count). The minimum Gasteiger partial charge on any atom is -0.304 e. The van der Waals surface area contributed by atoms with Crippen LogP contribution < -0.4 is 5.32 Å². The molecule has 1 N–H and O–H groups in total. The van der Waals surface area contributed by atoms with Gasteiger partial charge in [0.15, 0.2) is 0 Å². The standard InChI is InChI=1S/C18H12FN5O/c19-15-3-1-2-12(7-15)6-13-4-5-16(21-9-13)24-18(25)17-22-10-14(8-20)11-23-17/h1-5,7,9-11H,6H2,(H,21,24,25). The van der Waals surface area contributed by atoms with Crippen LogP contribution in [0.2, 0.25) is 0 Å². The van der Waals surface area contributed by atoms with Gasteiger partial charge in [0, 0.05) is 18.6 Å². The minimum absolute atomic E-state index is 0.0513. The molecule has 0 fully saturated rings. The smallest absolute Gasteiger partial charge is 0.294 e. The number of hydrogen-bond acceptors (Lipinski definition) is 5. The van der Waals surface area contributed by atoms with Crippen molar-refractivity contribution < 1.29 is 9.18 Å². The number of rotatable bonds is 4. The zero-order chi connectivity index (χ0) is 17.6. The summed E-state index contributed by atoms with van der Waals surface area (Å²) in [7, 11) is 0. The average molecular weight is 333 g/mol. The molecule has 0 atom stereocenters. The Labute approximate surface area is 143 Å². The number of halogens is 1. The van der Waals surface area contributed by atoms with E-state index in [1.807, 2.05) is 12.1 Å². The molecule has 2 aromatic heterocycles. The van der Waals surface area contributed by atoms with Crippen LogP contribution in [-0.4, -0.2) is 20.9 Å². The fraction of sp³-hybridized carbons (Fsp3) is 0.0556. The molecule has 0 radical (unpaired) electrons. The van der Waals surface area contributed by atoms with Crippen molar-refractivity contribution in [3.63, 3.8) is 0 Å². The van der Waals surface area contributed by atoms with Crippen molar-refractivity contribution in [1.82, 2.24) is 15.0 Å². The predicted octanol–water partition coefficient (Wildman–Crippen LogP) is 2.73. The maximum atomic E-state index is 13.2. The fourth-order valence-corrected chi connectivity index (χ4v) is 2.16. The molecular formula is C18H12FN5O. The van der Waals surface area contributed by atoms with E-state index in [0.29, 0.717) is 12.2 Å². The quantitative estimate of drug-likeness (QED) is 0.792. The van der Waals surface area contributed by atoms with Gasteiger partial charge in [-0.3, -0.25) is 4.79 Å². The second kappa shape index (κ2) is 7.27. The lowest BCUT2D eigenvalue weighted by Crippen LogP contribution is -2.16. The molecule has 0 unspecified atom stereocenters. The number of amides is 1. The number of nitrogens with zero attached hydrogens (tertiary/aromatic N) is 4. The summed E-state index contributed by atoms with van der Waals surface area (Å²) < 4.78 is 13.2. The van der Waals surface area contributed by atoms with Gasteiger partial charge in [0.1, 0.15) is 17.7 Å². The van der Waals surface area contributed by atoms with Crippen molar-refractivity contribution in [2.45, 2.75) is 6.42 Å². The van der Waals surface area contributed by atoms with E-state index in [1.165, 1.54) is 24.5 Å². The molecule has 1 aromatic carbocycles. The Hall–Kier alpha value is -3.66. The molecule has 0 bridgehead atoms. The summed E-state index contributed by atoms with van der Waals surface area (Å²) in [5.41, 5.74) is 2.00. The maximum Gasteiger partial charge on any atom is 0.294 e. The molecule has 25 heavy (non-hydrogen) atoms. The molecule has 3 aromatic rings. The first-order valence-corrected chi connectivity index (χ1v) is 7.37. The number of aromatic nitrogens is 3. The summed E-state index contributed by atoms with van der Waals surface area (Å²) in [6.45, 7) is 0. The Kier molecular flexibility index (Phi) is 4.72. The van der Waals surface area contributed by atoms with Crippen molar-refractivity contribution in [2.75, 3.05) is 5.32 Å². The molecule has 0 saturated heterocycles. The molecule has 122 valence electrons. The van der Waals surface area contributed by atoms with Crippen molar-refractivity contribution in [3.8, 4) is 6.07 Å². The lowest BCUT2D eigenvalue weighted by atomic mass is 10.1. The maximum absolute atomic E-state index is 13.2. The number of benzene rings is 1. The number of nitrogens with one attached hydrogen (secondary N) is 1. The number of anilines is 1. The van der Waals surface area contributed by atoms with Gasteiger partial charge in [-0.05, 0) is 35.7 Å². The van der Waals surface area contributed by atoms with E-state index in [2.05, 4.69) is 20.3 Å². The number of pyridine rings is 1. The lowest BCUT2D eigenvalue weighted by Gasteiger charge is -2.05. The third kappa shape index (κ3) is 4.20. The Morgan fingerprint density at radius 1 is 1.08 bits per heavy atom. The van der Waals surface area contributed by atoms with E-state index < -0.39 is 5.91 Å². The molecule has 0 aliphatic rings. The highest BCUT2D eigenvalue weighted by Crippen LogP contribution is 2.12. The fourth-order valence-electron chi connectivity index (χ4n) is 2.16. The largest absolute Gasteiger partial charge is 0.304 e. The van der Waals surface area contributed by atoms with E-state index in [1.54, 1.807) is 24.4 Å². The molecule has 0 spiro atoms. The summed E-state index contributed by atoms with van der Waals surface area (Å²) in [6.07, 6.45) is 4.70. The second-order valence-corrected chi connectivity index (χ2v) is 5.22. The highest BCUT2D eigenvalue weighted by atomic mass is 19.1. The number of nitriles is 1. The topological polar surface area (TPSA) is 91.6 Å². The summed E-state index contributed by atoms with van der Waals surface area (Å²) >= 11 is 0. The van der Waals surface area contributed by atoms with Crippen LogP contribution >= 0.6 is 0 Å². The highest BCUT2D eigenvalue weighted by Gasteiger charge is 2.10. The van der Waals surface area contributed by atoms with E-state index in [0.717, 1.165) is 11.1 Å². The Balaban J connectivity index is 1.65. The summed E-state index contributed by atoms with van der Waals surface area (Å²) in [4.78, 5) is 23.8. The average Bonchev–Trinajstić information content (AvgIpc) is 2.63. The van der Waals surface area contributed by atoms with Crippen LogP contribution in [0.25, 0.3) is 0 Å². The van der Waals surface area contributed by atoms with Gasteiger partial charge in [-0.2, -0.15) is 5.26 Å². The minimum atomic E-state index is -0.519. The normalized spacial score (nSPS) is 10.1. The van der Waals surface area contributed by atoms with E-state index in [4.69, 9.17) is 5.26 Å². The molecule has 2 heterocycles. The van der Waals surface area contributed by atoms with Crippen molar-refractivity contribution in [3.05, 3.63) is 83.3 Å². The number of carbonyl (C=O) groups excluding carboxylic acids is 1. The van der Waals surface area contributed by atoms with E-state index in [9.17, 15) is 9.18 Å². The van der Waals surface area contributed by atoms with Crippen LogP contribution in [0.15, 0.2) is 55.0 Å². The predicted molar refractivity (Wildman–Crippen MR) is 88.1 cm³/mol. The molecule has 0 aliphatic carbocycles. The Bertz CT molecular complexity index is 933. The van der Waals surface area contributed by atoms with Gasteiger partial charge < -0.3 is 5.32 Å². The van der Waals surface area contributed by atoms with Gasteiger partial charge in [-0.15, -0.1) is 0 Å². The molecule has 0 saturated carbocycles. The van der Waals surface area contributed by atoms with E-state index >= 15 is 0 Å². The van der Waals surface area contributed by atoms with Crippen molar-refractivity contribution in [1.29, 1.82) is 5.26 Å². The molecule has 6 nitrogen and oxygen atoms in total.